The highest BCUT2D eigenvalue weighted by atomic mass is 16.5. The van der Waals surface area contributed by atoms with E-state index in [1.807, 2.05) is 38.1 Å². The molecule has 0 aromatic heterocycles. The Morgan fingerprint density at radius 3 is 2.85 bits per heavy atom. The van der Waals surface area contributed by atoms with Gasteiger partial charge in [-0.1, -0.05) is 24.3 Å². The van der Waals surface area contributed by atoms with E-state index in [4.69, 9.17) is 4.74 Å². The van der Waals surface area contributed by atoms with Crippen molar-refractivity contribution in [2.24, 2.45) is 0 Å². The Labute approximate surface area is 78.2 Å². The molecular formula is C11H14O2. The first-order chi connectivity index (χ1) is 6.11. The normalized spacial score (nSPS) is 25.3. The number of hydrogen-bond acceptors (Lipinski definition) is 2. The fourth-order valence-corrected chi connectivity index (χ4v) is 1.65. The summed E-state index contributed by atoms with van der Waals surface area (Å²) in [6, 6.07) is 7.87. The molecule has 0 fully saturated rings. The summed E-state index contributed by atoms with van der Waals surface area (Å²) in [5.41, 5.74) is 1.63. The summed E-state index contributed by atoms with van der Waals surface area (Å²) in [5.74, 6) is 0. The van der Waals surface area contributed by atoms with E-state index in [0.29, 0.717) is 6.61 Å². The highest BCUT2D eigenvalue weighted by molar-refractivity contribution is 5.31. The second kappa shape index (κ2) is 2.82. The van der Waals surface area contributed by atoms with Gasteiger partial charge < -0.3 is 9.84 Å². The Morgan fingerprint density at radius 1 is 1.38 bits per heavy atom. The van der Waals surface area contributed by atoms with Gasteiger partial charge in [-0.05, 0) is 25.0 Å². The topological polar surface area (TPSA) is 29.5 Å². The van der Waals surface area contributed by atoms with E-state index in [1.54, 1.807) is 0 Å². The lowest BCUT2D eigenvalue weighted by atomic mass is 9.89. The molecule has 2 heteroatoms. The lowest BCUT2D eigenvalue weighted by Crippen LogP contribution is -2.36. The van der Waals surface area contributed by atoms with Crippen molar-refractivity contribution < 1.29 is 9.84 Å². The van der Waals surface area contributed by atoms with Crippen molar-refractivity contribution in [3.63, 3.8) is 0 Å². The summed E-state index contributed by atoms with van der Waals surface area (Å²) in [5, 5.41) is 9.96. The fraction of sp³-hybridized carbons (Fsp3) is 0.455. The van der Waals surface area contributed by atoms with Crippen LogP contribution in [0, 0.1) is 0 Å². The third-order valence-electron chi connectivity index (χ3n) is 2.61. The van der Waals surface area contributed by atoms with Crippen molar-refractivity contribution in [3.8, 4) is 0 Å². The molecule has 0 aliphatic carbocycles. The Balaban J connectivity index is 2.45. The minimum atomic E-state index is -0.516. The average molecular weight is 178 g/mol. The van der Waals surface area contributed by atoms with Crippen LogP contribution in [0.15, 0.2) is 24.3 Å². The molecule has 0 bridgehead atoms. The van der Waals surface area contributed by atoms with E-state index < -0.39 is 11.7 Å². The highest BCUT2D eigenvalue weighted by Gasteiger charge is 2.35. The second-order valence-corrected chi connectivity index (χ2v) is 3.99. The Kier molecular flexibility index (Phi) is 1.90. The van der Waals surface area contributed by atoms with Gasteiger partial charge in [0.25, 0.3) is 0 Å². The molecule has 1 heterocycles. The molecule has 1 N–H and O–H groups in total. The predicted molar refractivity (Wildman–Crippen MR) is 50.3 cm³/mol. The minimum Gasteiger partial charge on any atom is -0.385 e. The van der Waals surface area contributed by atoms with Gasteiger partial charge in [0.15, 0.2) is 0 Å². The van der Waals surface area contributed by atoms with Crippen LogP contribution in [-0.2, 0) is 11.3 Å². The number of aliphatic hydroxyl groups excluding tert-OH is 1. The monoisotopic (exact) mass is 178 g/mol. The van der Waals surface area contributed by atoms with E-state index in [-0.39, 0.29) is 0 Å². The zero-order valence-corrected chi connectivity index (χ0v) is 7.95. The molecule has 1 aromatic rings. The van der Waals surface area contributed by atoms with Gasteiger partial charge >= 0.3 is 0 Å². The van der Waals surface area contributed by atoms with Gasteiger partial charge in [0.05, 0.1) is 12.2 Å². The van der Waals surface area contributed by atoms with Crippen LogP contribution in [-0.4, -0.2) is 10.7 Å². The SMILES string of the molecule is CC1(C)OCc2ccccc2C1O. The van der Waals surface area contributed by atoms with E-state index in [1.165, 1.54) is 0 Å². The molecule has 2 nitrogen and oxygen atoms in total. The summed E-state index contributed by atoms with van der Waals surface area (Å²) >= 11 is 0. The maximum atomic E-state index is 9.96. The molecular weight excluding hydrogens is 164 g/mol. The van der Waals surface area contributed by atoms with Gasteiger partial charge in [-0.2, -0.15) is 0 Å². The number of aliphatic hydroxyl groups is 1. The van der Waals surface area contributed by atoms with Crippen LogP contribution in [0.1, 0.15) is 31.1 Å². The van der Waals surface area contributed by atoms with Crippen molar-refractivity contribution in [1.82, 2.24) is 0 Å². The quantitative estimate of drug-likeness (QED) is 0.658. The van der Waals surface area contributed by atoms with Gasteiger partial charge in [0, 0.05) is 0 Å². The number of ether oxygens (including phenoxy) is 1. The first-order valence-electron chi connectivity index (χ1n) is 4.51. The van der Waals surface area contributed by atoms with Crippen molar-refractivity contribution >= 4 is 0 Å². The molecule has 2 rings (SSSR count). The Morgan fingerprint density at radius 2 is 2.08 bits per heavy atom. The zero-order valence-electron chi connectivity index (χ0n) is 7.95. The molecule has 1 aliphatic rings. The summed E-state index contributed by atoms with van der Waals surface area (Å²) < 4.78 is 5.55. The smallest absolute Gasteiger partial charge is 0.108 e. The van der Waals surface area contributed by atoms with Crippen molar-refractivity contribution in [2.45, 2.75) is 32.2 Å². The largest absolute Gasteiger partial charge is 0.385 e. The van der Waals surface area contributed by atoms with Gasteiger partial charge in [0.1, 0.15) is 6.10 Å². The first-order valence-corrected chi connectivity index (χ1v) is 4.51. The molecule has 1 unspecified atom stereocenters. The Bertz CT molecular complexity index is 318. The summed E-state index contributed by atoms with van der Waals surface area (Å²) in [6.07, 6.45) is -0.516. The third kappa shape index (κ3) is 1.36. The van der Waals surface area contributed by atoms with Crippen molar-refractivity contribution in [2.75, 3.05) is 0 Å². The molecule has 0 spiro atoms. The maximum absolute atomic E-state index is 9.96. The second-order valence-electron chi connectivity index (χ2n) is 3.99. The van der Waals surface area contributed by atoms with Crippen molar-refractivity contribution in [3.05, 3.63) is 35.4 Å². The third-order valence-corrected chi connectivity index (χ3v) is 2.61. The van der Waals surface area contributed by atoms with Crippen LogP contribution in [0.2, 0.25) is 0 Å². The lowest BCUT2D eigenvalue weighted by Gasteiger charge is -2.36. The van der Waals surface area contributed by atoms with Crippen LogP contribution in [0.3, 0.4) is 0 Å². The van der Waals surface area contributed by atoms with Crippen LogP contribution >= 0.6 is 0 Å². The van der Waals surface area contributed by atoms with Crippen LogP contribution in [0.5, 0.6) is 0 Å². The summed E-state index contributed by atoms with van der Waals surface area (Å²) in [4.78, 5) is 0. The maximum Gasteiger partial charge on any atom is 0.108 e. The first kappa shape index (κ1) is 8.73. The molecule has 0 saturated carbocycles. The molecule has 1 aliphatic heterocycles. The average Bonchev–Trinajstić information content (AvgIpc) is 2.13. The highest BCUT2D eigenvalue weighted by Crippen LogP contribution is 2.36. The number of rotatable bonds is 0. The zero-order chi connectivity index (χ0) is 9.47. The van der Waals surface area contributed by atoms with Gasteiger partial charge in [-0.15, -0.1) is 0 Å². The number of benzene rings is 1. The van der Waals surface area contributed by atoms with Crippen LogP contribution < -0.4 is 0 Å². The number of fused-ring (bicyclic) bond motifs is 1. The molecule has 0 saturated heterocycles. The van der Waals surface area contributed by atoms with E-state index in [0.717, 1.165) is 11.1 Å². The van der Waals surface area contributed by atoms with Crippen LogP contribution in [0.4, 0.5) is 0 Å². The standard InChI is InChI=1S/C11H14O2/c1-11(2)10(12)9-6-4-3-5-8(9)7-13-11/h3-6,10,12H,7H2,1-2H3. The lowest BCUT2D eigenvalue weighted by molar-refractivity contribution is -0.125. The predicted octanol–water partition coefficient (Wildman–Crippen LogP) is 2.03. The minimum absolute atomic E-state index is 0.464. The molecule has 13 heavy (non-hydrogen) atoms. The summed E-state index contributed by atoms with van der Waals surface area (Å²) in [7, 11) is 0. The van der Waals surface area contributed by atoms with Crippen molar-refractivity contribution in [1.29, 1.82) is 0 Å². The van der Waals surface area contributed by atoms with E-state index in [2.05, 4.69) is 0 Å². The molecule has 1 atom stereocenters. The number of hydrogen-bond donors (Lipinski definition) is 1. The van der Waals surface area contributed by atoms with Gasteiger partial charge in [0.2, 0.25) is 0 Å². The molecule has 1 aromatic carbocycles. The fourth-order valence-electron chi connectivity index (χ4n) is 1.65. The Hall–Kier alpha value is -0.860. The van der Waals surface area contributed by atoms with Gasteiger partial charge in [-0.3, -0.25) is 0 Å². The molecule has 0 radical (unpaired) electrons. The van der Waals surface area contributed by atoms with Crippen LogP contribution in [0.25, 0.3) is 0 Å². The van der Waals surface area contributed by atoms with Gasteiger partial charge in [-0.25, -0.2) is 0 Å². The van der Waals surface area contributed by atoms with E-state index >= 15 is 0 Å². The van der Waals surface area contributed by atoms with E-state index in [9.17, 15) is 5.11 Å². The molecule has 0 amide bonds. The molecule has 70 valence electrons. The summed E-state index contributed by atoms with van der Waals surface area (Å²) in [6.45, 7) is 4.42.